The van der Waals surface area contributed by atoms with Crippen LogP contribution in [-0.2, 0) is 9.59 Å². The molecule has 0 aromatic carbocycles. The summed E-state index contributed by atoms with van der Waals surface area (Å²) >= 11 is 0. The summed E-state index contributed by atoms with van der Waals surface area (Å²) in [5.41, 5.74) is 0. The van der Waals surface area contributed by atoms with Crippen molar-refractivity contribution in [1.82, 2.24) is 15.4 Å². The Balaban J connectivity index is 0.000000982. The highest BCUT2D eigenvalue weighted by Gasteiger charge is 2.27. The number of amides is 1. The van der Waals surface area contributed by atoms with Crippen LogP contribution in [0.3, 0.4) is 0 Å². The molecule has 0 aromatic rings. The first-order chi connectivity index (χ1) is 8.97. The lowest BCUT2D eigenvalue weighted by atomic mass is 10.1. The molecule has 1 aliphatic rings. The molecule has 7 heteroatoms. The van der Waals surface area contributed by atoms with Gasteiger partial charge in [0.1, 0.15) is 5.78 Å². The van der Waals surface area contributed by atoms with E-state index in [1.165, 1.54) is 18.2 Å². The maximum atomic E-state index is 11.7. The molecular formula is C12H23B2N3O2. The van der Waals surface area contributed by atoms with Gasteiger partial charge in [0.25, 0.3) is 0 Å². The van der Waals surface area contributed by atoms with Crippen LogP contribution in [0.5, 0.6) is 0 Å². The zero-order chi connectivity index (χ0) is 14.8. The smallest absolute Gasteiger partial charge is 0.236 e. The summed E-state index contributed by atoms with van der Waals surface area (Å²) in [5, 5.41) is 5.01. The highest BCUT2D eigenvalue weighted by molar-refractivity contribution is 6.07. The number of hydrogen-bond acceptors (Lipinski definition) is 4. The van der Waals surface area contributed by atoms with Gasteiger partial charge in [-0.1, -0.05) is 20.3 Å². The lowest BCUT2D eigenvalue weighted by Crippen LogP contribution is -2.49. The maximum Gasteiger partial charge on any atom is 0.236 e. The van der Waals surface area contributed by atoms with Crippen molar-refractivity contribution in [3.05, 3.63) is 0 Å². The zero-order valence-corrected chi connectivity index (χ0v) is 12.1. The summed E-state index contributed by atoms with van der Waals surface area (Å²) in [5.74, 6) is -0.264. The van der Waals surface area contributed by atoms with Crippen LogP contribution in [0.15, 0.2) is 0 Å². The Morgan fingerprint density at radius 1 is 1.42 bits per heavy atom. The van der Waals surface area contributed by atoms with Crippen LogP contribution in [0.1, 0.15) is 40.0 Å². The molecule has 0 bridgehead atoms. The minimum absolute atomic E-state index is 0.112. The Bertz CT molecular complexity index is 290. The second kappa shape index (κ2) is 10.0. The second-order valence-corrected chi connectivity index (χ2v) is 4.68. The first kappa shape index (κ1) is 18.2. The monoisotopic (exact) mass is 263 g/mol. The standard InChI is InChI=1S/C9H15B2N3O2.C3H8/c1-6(15)7(13-10)5-12-9(16)8-3-2-4-14(8)11;1-3-2/h7-8,13H,2-5H2,1H3,(H,12,16);3H2,1-2H3. The number of nitrogens with one attached hydrogen (secondary N) is 2. The van der Waals surface area contributed by atoms with E-state index >= 15 is 0 Å². The maximum absolute atomic E-state index is 11.7. The minimum atomic E-state index is -0.545. The number of carbonyl (C=O) groups is 2. The SMILES string of the molecule is CCC.[B]NC(CNC(=O)C1CCCN1[B])C(C)=O. The molecule has 2 unspecified atom stereocenters. The van der Waals surface area contributed by atoms with E-state index in [4.69, 9.17) is 16.0 Å². The number of nitrogens with zero attached hydrogens (tertiary/aromatic N) is 1. The minimum Gasteiger partial charge on any atom is -0.356 e. The van der Waals surface area contributed by atoms with Crippen LogP contribution in [-0.4, -0.2) is 57.6 Å². The molecule has 0 aromatic heterocycles. The van der Waals surface area contributed by atoms with Crippen molar-refractivity contribution in [3.63, 3.8) is 0 Å². The molecule has 1 heterocycles. The van der Waals surface area contributed by atoms with Crippen molar-refractivity contribution < 1.29 is 9.59 Å². The van der Waals surface area contributed by atoms with Crippen LogP contribution in [0.2, 0.25) is 0 Å². The van der Waals surface area contributed by atoms with E-state index in [0.29, 0.717) is 0 Å². The zero-order valence-electron chi connectivity index (χ0n) is 12.1. The fraction of sp³-hybridized carbons (Fsp3) is 0.833. The van der Waals surface area contributed by atoms with Crippen molar-refractivity contribution in [2.75, 3.05) is 13.1 Å². The van der Waals surface area contributed by atoms with E-state index in [9.17, 15) is 9.59 Å². The van der Waals surface area contributed by atoms with Crippen LogP contribution in [0, 0.1) is 0 Å². The van der Waals surface area contributed by atoms with Gasteiger partial charge in [-0.3, -0.25) is 9.59 Å². The Hall–Kier alpha value is -0.810. The van der Waals surface area contributed by atoms with Crippen LogP contribution in [0.25, 0.3) is 0 Å². The number of Topliss-reactive ketones (excluding diaryl/α,β-unsaturated/α-hetero) is 1. The van der Waals surface area contributed by atoms with E-state index in [1.54, 1.807) is 0 Å². The molecule has 4 radical (unpaired) electrons. The average Bonchev–Trinajstić information content (AvgIpc) is 2.76. The molecule has 2 N–H and O–H groups in total. The molecule has 104 valence electrons. The van der Waals surface area contributed by atoms with Gasteiger partial charge < -0.3 is 15.4 Å². The molecule has 0 aliphatic carbocycles. The first-order valence-electron chi connectivity index (χ1n) is 6.73. The van der Waals surface area contributed by atoms with Crippen LogP contribution >= 0.6 is 0 Å². The normalized spacial score (nSPS) is 20.3. The van der Waals surface area contributed by atoms with Crippen LogP contribution in [0.4, 0.5) is 0 Å². The van der Waals surface area contributed by atoms with Gasteiger partial charge in [-0.25, -0.2) is 0 Å². The number of rotatable bonds is 5. The summed E-state index contributed by atoms with van der Waals surface area (Å²) in [6.45, 7) is 6.58. The van der Waals surface area contributed by atoms with E-state index in [1.807, 2.05) is 0 Å². The molecule has 5 nitrogen and oxygen atoms in total. The van der Waals surface area contributed by atoms with Crippen molar-refractivity contribution in [2.45, 2.75) is 52.1 Å². The fourth-order valence-electron chi connectivity index (χ4n) is 1.71. The van der Waals surface area contributed by atoms with E-state index < -0.39 is 6.04 Å². The number of carbonyl (C=O) groups excluding carboxylic acids is 2. The molecule has 0 saturated carbocycles. The third-order valence-electron chi connectivity index (χ3n) is 2.77. The van der Waals surface area contributed by atoms with Crippen molar-refractivity contribution in [2.24, 2.45) is 0 Å². The molecule has 1 rings (SSSR count). The van der Waals surface area contributed by atoms with Gasteiger partial charge in [0.05, 0.1) is 12.1 Å². The fourth-order valence-corrected chi connectivity index (χ4v) is 1.71. The summed E-state index contributed by atoms with van der Waals surface area (Å²) in [7, 11) is 10.8. The van der Waals surface area contributed by atoms with Gasteiger partial charge in [-0.05, 0) is 26.3 Å². The van der Waals surface area contributed by atoms with Gasteiger partial charge in [-0.15, -0.1) is 0 Å². The second-order valence-electron chi connectivity index (χ2n) is 4.68. The van der Waals surface area contributed by atoms with Gasteiger partial charge >= 0.3 is 0 Å². The largest absolute Gasteiger partial charge is 0.356 e. The van der Waals surface area contributed by atoms with Gasteiger partial charge in [0.15, 0.2) is 16.0 Å². The molecule has 1 amide bonds. The van der Waals surface area contributed by atoms with Gasteiger partial charge in [0.2, 0.25) is 5.91 Å². The Labute approximate surface area is 118 Å². The molecular weight excluding hydrogens is 240 g/mol. The summed E-state index contributed by atoms with van der Waals surface area (Å²) in [6, 6.07) is -0.832. The highest BCUT2D eigenvalue weighted by atomic mass is 16.2. The lowest BCUT2D eigenvalue weighted by molar-refractivity contribution is -0.124. The molecule has 0 spiro atoms. The third kappa shape index (κ3) is 6.78. The Morgan fingerprint density at radius 3 is 2.37 bits per heavy atom. The Morgan fingerprint density at radius 2 is 2.00 bits per heavy atom. The summed E-state index contributed by atoms with van der Waals surface area (Å²) in [4.78, 5) is 24.3. The lowest BCUT2D eigenvalue weighted by Gasteiger charge is -2.21. The molecule has 1 aliphatic heterocycles. The number of ketones is 1. The predicted molar refractivity (Wildman–Crippen MR) is 77.8 cm³/mol. The topological polar surface area (TPSA) is 61.4 Å². The predicted octanol–water partition coefficient (Wildman–Crippen LogP) is -0.302. The van der Waals surface area contributed by atoms with Gasteiger partial charge in [0, 0.05) is 6.54 Å². The molecule has 1 saturated heterocycles. The van der Waals surface area contributed by atoms with Crippen molar-refractivity contribution in [3.8, 4) is 0 Å². The van der Waals surface area contributed by atoms with E-state index in [2.05, 4.69) is 24.4 Å². The van der Waals surface area contributed by atoms with Crippen LogP contribution < -0.4 is 10.5 Å². The average molecular weight is 263 g/mol. The van der Waals surface area contributed by atoms with Gasteiger partial charge in [-0.2, -0.15) is 0 Å². The molecule has 19 heavy (non-hydrogen) atoms. The van der Waals surface area contributed by atoms with E-state index in [0.717, 1.165) is 19.4 Å². The third-order valence-corrected chi connectivity index (χ3v) is 2.77. The van der Waals surface area contributed by atoms with Crippen molar-refractivity contribution in [1.29, 1.82) is 0 Å². The molecule has 2 atom stereocenters. The first-order valence-corrected chi connectivity index (χ1v) is 6.73. The molecule has 1 fully saturated rings. The summed E-state index contributed by atoms with van der Waals surface area (Å²) in [6.07, 6.45) is 2.92. The summed E-state index contributed by atoms with van der Waals surface area (Å²) < 4.78 is 0. The van der Waals surface area contributed by atoms with Crippen molar-refractivity contribution >= 4 is 27.7 Å². The Kier molecular flexibility index (Phi) is 9.61. The van der Waals surface area contributed by atoms with E-state index in [-0.39, 0.29) is 24.3 Å². The quantitative estimate of drug-likeness (QED) is 0.668. The number of hydrogen-bond donors (Lipinski definition) is 2. The highest BCUT2D eigenvalue weighted by Crippen LogP contribution is 2.13.